The van der Waals surface area contributed by atoms with Gasteiger partial charge in [-0.05, 0) is 37.1 Å². The predicted octanol–water partition coefficient (Wildman–Crippen LogP) is 1.20. The summed E-state index contributed by atoms with van der Waals surface area (Å²) in [5.41, 5.74) is 1.48. The lowest BCUT2D eigenvalue weighted by molar-refractivity contribution is -0.143. The number of carboxylic acid groups (broad SMARTS) is 1. The molecule has 0 saturated carbocycles. The summed E-state index contributed by atoms with van der Waals surface area (Å²) in [6.45, 7) is 0.978. The molecule has 2 aromatic rings. The van der Waals surface area contributed by atoms with Gasteiger partial charge in [0.1, 0.15) is 12.7 Å². The molecule has 0 atom stereocenters. The van der Waals surface area contributed by atoms with Gasteiger partial charge in [0.05, 0.1) is 5.92 Å². The molecule has 1 amide bonds. The molecule has 2 heterocycles. The quantitative estimate of drug-likeness (QED) is 0.920. The number of carbonyl (C=O) groups excluding carboxylic acids is 1. The highest BCUT2D eigenvalue weighted by Gasteiger charge is 2.27. The Bertz CT molecular complexity index is 659. The van der Waals surface area contributed by atoms with Gasteiger partial charge in [0.2, 0.25) is 0 Å². The number of hydrogen-bond acceptors (Lipinski definition) is 4. The fourth-order valence-corrected chi connectivity index (χ4v) is 2.62. The second-order valence-electron chi connectivity index (χ2n) is 5.32. The summed E-state index contributed by atoms with van der Waals surface area (Å²) in [7, 11) is 0. The van der Waals surface area contributed by atoms with Gasteiger partial charge in [-0.3, -0.25) is 14.2 Å². The van der Waals surface area contributed by atoms with E-state index < -0.39 is 5.97 Å². The summed E-state index contributed by atoms with van der Waals surface area (Å²) >= 11 is 0. The van der Waals surface area contributed by atoms with Crippen molar-refractivity contribution >= 4 is 11.9 Å². The van der Waals surface area contributed by atoms with E-state index in [1.54, 1.807) is 34.3 Å². The molecule has 0 aliphatic carbocycles. The first-order chi connectivity index (χ1) is 10.6. The monoisotopic (exact) mass is 300 g/mol. The van der Waals surface area contributed by atoms with E-state index in [-0.39, 0.29) is 11.8 Å². The van der Waals surface area contributed by atoms with Crippen molar-refractivity contribution in [2.45, 2.75) is 12.8 Å². The molecule has 1 aromatic carbocycles. The summed E-state index contributed by atoms with van der Waals surface area (Å²) in [6.07, 6.45) is 4.21. The lowest BCUT2D eigenvalue weighted by Gasteiger charge is -2.30. The van der Waals surface area contributed by atoms with E-state index in [0.29, 0.717) is 31.5 Å². The van der Waals surface area contributed by atoms with Gasteiger partial charge in [0.15, 0.2) is 0 Å². The predicted molar refractivity (Wildman–Crippen MR) is 77.6 cm³/mol. The summed E-state index contributed by atoms with van der Waals surface area (Å²) in [4.78, 5) is 25.1. The molecule has 7 nitrogen and oxygen atoms in total. The summed E-state index contributed by atoms with van der Waals surface area (Å²) in [6, 6.07) is 7.20. The fourth-order valence-electron chi connectivity index (χ4n) is 2.62. The van der Waals surface area contributed by atoms with Crippen LogP contribution in [-0.4, -0.2) is 49.7 Å². The third-order valence-corrected chi connectivity index (χ3v) is 3.96. The van der Waals surface area contributed by atoms with E-state index in [9.17, 15) is 9.59 Å². The van der Waals surface area contributed by atoms with Gasteiger partial charge in [-0.15, -0.1) is 10.2 Å². The summed E-state index contributed by atoms with van der Waals surface area (Å²) in [5, 5.41) is 16.5. The molecule has 1 aromatic heterocycles. The molecule has 1 aliphatic heterocycles. The van der Waals surface area contributed by atoms with Crippen molar-refractivity contribution in [2.75, 3.05) is 13.1 Å². The average Bonchev–Trinajstić information content (AvgIpc) is 3.09. The minimum Gasteiger partial charge on any atom is -0.481 e. The van der Waals surface area contributed by atoms with E-state index in [1.165, 1.54) is 0 Å². The maximum atomic E-state index is 12.4. The number of piperidine rings is 1. The first-order valence-corrected chi connectivity index (χ1v) is 7.12. The molecule has 114 valence electrons. The second-order valence-corrected chi connectivity index (χ2v) is 5.32. The van der Waals surface area contributed by atoms with E-state index in [0.717, 1.165) is 5.69 Å². The van der Waals surface area contributed by atoms with Crippen LogP contribution in [0.1, 0.15) is 23.2 Å². The molecule has 1 saturated heterocycles. The average molecular weight is 300 g/mol. The number of likely N-dealkylation sites (tertiary alicyclic amines) is 1. The highest BCUT2D eigenvalue weighted by molar-refractivity contribution is 5.94. The summed E-state index contributed by atoms with van der Waals surface area (Å²) < 4.78 is 1.76. The van der Waals surface area contributed by atoms with E-state index >= 15 is 0 Å². The number of aromatic nitrogens is 3. The van der Waals surface area contributed by atoms with E-state index in [2.05, 4.69) is 10.2 Å². The first kappa shape index (κ1) is 14.2. The minimum atomic E-state index is -0.773. The number of benzene rings is 1. The number of carbonyl (C=O) groups is 2. The normalized spacial score (nSPS) is 15.7. The highest BCUT2D eigenvalue weighted by atomic mass is 16.4. The molecule has 3 rings (SSSR count). The Balaban J connectivity index is 1.67. The molecular weight excluding hydrogens is 284 g/mol. The standard InChI is InChI=1S/C15H16N4O3/c20-14(18-7-5-12(6-8-18)15(21)22)11-1-3-13(4-2-11)19-9-16-17-10-19/h1-4,9-10,12H,5-8H2,(H,21,22). The Labute approximate surface area is 127 Å². The minimum absolute atomic E-state index is 0.0563. The van der Waals surface area contributed by atoms with Crippen molar-refractivity contribution in [3.8, 4) is 5.69 Å². The van der Waals surface area contributed by atoms with Gasteiger partial charge < -0.3 is 10.0 Å². The highest BCUT2D eigenvalue weighted by Crippen LogP contribution is 2.19. The van der Waals surface area contributed by atoms with Crippen LogP contribution >= 0.6 is 0 Å². The number of carboxylic acids is 1. The van der Waals surface area contributed by atoms with Crippen LogP contribution < -0.4 is 0 Å². The first-order valence-electron chi connectivity index (χ1n) is 7.12. The van der Waals surface area contributed by atoms with Crippen molar-refractivity contribution in [3.05, 3.63) is 42.5 Å². The van der Waals surface area contributed by atoms with Gasteiger partial charge in [0.25, 0.3) is 5.91 Å². The largest absolute Gasteiger partial charge is 0.481 e. The molecule has 1 aliphatic rings. The van der Waals surface area contributed by atoms with Crippen LogP contribution in [0.2, 0.25) is 0 Å². The van der Waals surface area contributed by atoms with Crippen molar-refractivity contribution in [2.24, 2.45) is 5.92 Å². The van der Waals surface area contributed by atoms with Gasteiger partial charge in [-0.25, -0.2) is 0 Å². The van der Waals surface area contributed by atoms with Crippen LogP contribution in [0, 0.1) is 5.92 Å². The SMILES string of the molecule is O=C(O)C1CCN(C(=O)c2ccc(-n3cnnc3)cc2)CC1. The number of aliphatic carboxylic acids is 1. The lowest BCUT2D eigenvalue weighted by atomic mass is 9.96. The van der Waals surface area contributed by atoms with E-state index in [1.807, 2.05) is 12.1 Å². The van der Waals surface area contributed by atoms with Gasteiger partial charge in [-0.2, -0.15) is 0 Å². The zero-order valence-electron chi connectivity index (χ0n) is 11.9. The Hall–Kier alpha value is -2.70. The molecule has 0 spiro atoms. The van der Waals surface area contributed by atoms with Crippen LogP contribution in [0.25, 0.3) is 5.69 Å². The van der Waals surface area contributed by atoms with Crippen LogP contribution in [-0.2, 0) is 4.79 Å². The van der Waals surface area contributed by atoms with Crippen molar-refractivity contribution in [1.82, 2.24) is 19.7 Å². The van der Waals surface area contributed by atoms with Crippen molar-refractivity contribution in [3.63, 3.8) is 0 Å². The van der Waals surface area contributed by atoms with E-state index in [4.69, 9.17) is 5.11 Å². The Morgan fingerprint density at radius 3 is 2.18 bits per heavy atom. The molecule has 7 heteroatoms. The van der Waals surface area contributed by atoms with Crippen molar-refractivity contribution in [1.29, 1.82) is 0 Å². The molecule has 1 fully saturated rings. The van der Waals surface area contributed by atoms with Gasteiger partial charge in [-0.1, -0.05) is 0 Å². The molecule has 22 heavy (non-hydrogen) atoms. The topological polar surface area (TPSA) is 88.3 Å². The van der Waals surface area contributed by atoms with Gasteiger partial charge >= 0.3 is 5.97 Å². The maximum absolute atomic E-state index is 12.4. The van der Waals surface area contributed by atoms with Crippen LogP contribution in [0.3, 0.4) is 0 Å². The molecule has 0 unspecified atom stereocenters. The number of rotatable bonds is 3. The second kappa shape index (κ2) is 5.97. The van der Waals surface area contributed by atoms with Crippen LogP contribution in [0.4, 0.5) is 0 Å². The fraction of sp³-hybridized carbons (Fsp3) is 0.333. The lowest BCUT2D eigenvalue weighted by Crippen LogP contribution is -2.40. The van der Waals surface area contributed by atoms with Crippen molar-refractivity contribution < 1.29 is 14.7 Å². The van der Waals surface area contributed by atoms with Crippen LogP contribution in [0.5, 0.6) is 0 Å². The third-order valence-electron chi connectivity index (χ3n) is 3.96. The Morgan fingerprint density at radius 2 is 1.64 bits per heavy atom. The smallest absolute Gasteiger partial charge is 0.306 e. The molecule has 1 N–H and O–H groups in total. The number of hydrogen-bond donors (Lipinski definition) is 1. The zero-order chi connectivity index (χ0) is 15.5. The number of nitrogens with zero attached hydrogens (tertiary/aromatic N) is 4. The Morgan fingerprint density at radius 1 is 1.05 bits per heavy atom. The number of amides is 1. The van der Waals surface area contributed by atoms with Crippen LogP contribution in [0.15, 0.2) is 36.9 Å². The molecule has 0 radical (unpaired) electrons. The molecule has 0 bridgehead atoms. The maximum Gasteiger partial charge on any atom is 0.306 e. The van der Waals surface area contributed by atoms with Gasteiger partial charge in [0, 0.05) is 24.3 Å². The zero-order valence-corrected chi connectivity index (χ0v) is 11.9. The summed E-state index contributed by atoms with van der Waals surface area (Å²) in [5.74, 6) is -1.16. The Kier molecular flexibility index (Phi) is 3.86. The third kappa shape index (κ3) is 2.83. The molecular formula is C15H16N4O3.